The Morgan fingerprint density at radius 1 is 1.32 bits per heavy atom. The molecule has 22 heavy (non-hydrogen) atoms. The van der Waals surface area contributed by atoms with Crippen molar-refractivity contribution in [3.05, 3.63) is 45.4 Å². The van der Waals surface area contributed by atoms with Crippen molar-refractivity contribution in [2.45, 2.75) is 20.4 Å². The van der Waals surface area contributed by atoms with E-state index in [1.807, 2.05) is 26.0 Å². The monoisotopic (exact) mass is 319 g/mol. The number of thiazole rings is 1. The van der Waals surface area contributed by atoms with Crippen LogP contribution < -0.4 is 10.5 Å². The molecule has 2 rings (SSSR count). The lowest BCUT2D eigenvalue weighted by atomic mass is 10.1. The molecule has 0 aliphatic carbocycles. The Balaban J connectivity index is 1.86. The molecular formula is C16H21N3O2S. The van der Waals surface area contributed by atoms with Crippen LogP contribution in [0.5, 0.6) is 5.75 Å². The Kier molecular flexibility index (Phi) is 5.51. The highest BCUT2D eigenvalue weighted by Crippen LogP contribution is 2.16. The van der Waals surface area contributed by atoms with Crippen LogP contribution in [0.2, 0.25) is 0 Å². The molecule has 0 spiro atoms. The number of hydrogen-bond acceptors (Lipinski definition) is 5. The number of carbonyl (C=O) groups excluding carboxylic acids is 1. The fourth-order valence-corrected chi connectivity index (χ4v) is 2.77. The maximum absolute atomic E-state index is 12.2. The van der Waals surface area contributed by atoms with E-state index in [4.69, 9.17) is 10.5 Å². The quantitative estimate of drug-likeness (QED) is 0.887. The van der Waals surface area contributed by atoms with Gasteiger partial charge in [-0.3, -0.25) is 4.79 Å². The number of aromatic nitrogens is 1. The molecule has 0 saturated carbocycles. The topological polar surface area (TPSA) is 68.5 Å². The summed E-state index contributed by atoms with van der Waals surface area (Å²) in [5, 5.41) is 2.51. The maximum Gasteiger partial charge on any atom is 0.273 e. The first-order valence-electron chi connectivity index (χ1n) is 7.10. The van der Waals surface area contributed by atoms with Crippen molar-refractivity contribution in [1.82, 2.24) is 9.88 Å². The minimum absolute atomic E-state index is 0.111. The lowest BCUT2D eigenvalue weighted by Crippen LogP contribution is -2.31. The highest BCUT2D eigenvalue weighted by molar-refractivity contribution is 7.09. The van der Waals surface area contributed by atoms with Crippen LogP contribution in [0.4, 0.5) is 0 Å². The smallest absolute Gasteiger partial charge is 0.273 e. The van der Waals surface area contributed by atoms with E-state index in [1.165, 1.54) is 11.3 Å². The number of nitrogens with zero attached hydrogens (tertiary/aromatic N) is 2. The summed E-state index contributed by atoms with van der Waals surface area (Å²) < 4.78 is 5.72. The number of aryl methyl sites for hydroxylation is 2. The third kappa shape index (κ3) is 4.29. The third-order valence-electron chi connectivity index (χ3n) is 3.18. The fourth-order valence-electron chi connectivity index (χ4n) is 2.12. The SMILES string of the molecule is Cc1cc(C)cc(OCCN(C)C(=O)c2csc(CN)n2)c1. The largest absolute Gasteiger partial charge is 0.492 e. The van der Waals surface area contributed by atoms with Gasteiger partial charge in [0.05, 0.1) is 6.54 Å². The number of benzene rings is 1. The summed E-state index contributed by atoms with van der Waals surface area (Å²) in [6.45, 7) is 5.37. The highest BCUT2D eigenvalue weighted by Gasteiger charge is 2.15. The van der Waals surface area contributed by atoms with Gasteiger partial charge in [-0.1, -0.05) is 6.07 Å². The Morgan fingerprint density at radius 2 is 2.00 bits per heavy atom. The standard InChI is InChI=1S/C16H21N3O2S/c1-11-6-12(2)8-13(7-11)21-5-4-19(3)16(20)14-10-22-15(9-17)18-14/h6-8,10H,4-5,9,17H2,1-3H3. The second kappa shape index (κ2) is 7.38. The van der Waals surface area contributed by atoms with Gasteiger partial charge in [0.1, 0.15) is 23.1 Å². The van der Waals surface area contributed by atoms with E-state index in [-0.39, 0.29) is 5.91 Å². The molecule has 6 heteroatoms. The van der Waals surface area contributed by atoms with Crippen LogP contribution in [0.15, 0.2) is 23.6 Å². The molecule has 5 nitrogen and oxygen atoms in total. The molecular weight excluding hydrogens is 298 g/mol. The summed E-state index contributed by atoms with van der Waals surface area (Å²) in [5.41, 5.74) is 8.28. The lowest BCUT2D eigenvalue weighted by molar-refractivity contribution is 0.0768. The Bertz CT molecular complexity index is 634. The van der Waals surface area contributed by atoms with Gasteiger partial charge in [-0.2, -0.15) is 0 Å². The molecule has 1 aromatic heterocycles. The second-order valence-electron chi connectivity index (χ2n) is 5.23. The molecule has 0 saturated heterocycles. The van der Waals surface area contributed by atoms with Crippen LogP contribution in [0.3, 0.4) is 0 Å². The molecule has 0 atom stereocenters. The van der Waals surface area contributed by atoms with Crippen LogP contribution in [0.25, 0.3) is 0 Å². The van der Waals surface area contributed by atoms with Crippen LogP contribution in [0.1, 0.15) is 26.6 Å². The summed E-state index contributed by atoms with van der Waals surface area (Å²) in [6.07, 6.45) is 0. The molecule has 2 N–H and O–H groups in total. The number of likely N-dealkylation sites (N-methyl/N-ethyl adjacent to an activating group) is 1. The zero-order valence-corrected chi connectivity index (χ0v) is 13.9. The Hall–Kier alpha value is -1.92. The summed E-state index contributed by atoms with van der Waals surface area (Å²) in [6, 6.07) is 6.07. The number of amides is 1. The van der Waals surface area contributed by atoms with Gasteiger partial charge in [0, 0.05) is 19.0 Å². The number of nitrogens with two attached hydrogens (primary N) is 1. The van der Waals surface area contributed by atoms with Crippen molar-refractivity contribution in [2.24, 2.45) is 5.73 Å². The molecule has 2 aromatic rings. The molecule has 0 fully saturated rings. The predicted octanol–water partition coefficient (Wildman–Crippen LogP) is 2.37. The molecule has 1 amide bonds. The van der Waals surface area contributed by atoms with E-state index < -0.39 is 0 Å². The van der Waals surface area contributed by atoms with Crippen LogP contribution in [0, 0.1) is 13.8 Å². The number of ether oxygens (including phenoxy) is 1. The van der Waals surface area contributed by atoms with Crippen molar-refractivity contribution in [2.75, 3.05) is 20.2 Å². The van der Waals surface area contributed by atoms with Gasteiger partial charge in [0.2, 0.25) is 0 Å². The van der Waals surface area contributed by atoms with Gasteiger partial charge in [0.25, 0.3) is 5.91 Å². The summed E-state index contributed by atoms with van der Waals surface area (Å²) >= 11 is 1.40. The first-order chi connectivity index (χ1) is 10.5. The molecule has 0 aliphatic heterocycles. The van der Waals surface area contributed by atoms with E-state index in [0.717, 1.165) is 21.9 Å². The van der Waals surface area contributed by atoms with Crippen molar-refractivity contribution in [3.63, 3.8) is 0 Å². The number of rotatable bonds is 6. The Morgan fingerprint density at radius 3 is 2.59 bits per heavy atom. The van der Waals surface area contributed by atoms with Gasteiger partial charge in [0.15, 0.2) is 0 Å². The number of carbonyl (C=O) groups is 1. The van der Waals surface area contributed by atoms with Crippen molar-refractivity contribution < 1.29 is 9.53 Å². The van der Waals surface area contributed by atoms with Crippen molar-refractivity contribution in [1.29, 1.82) is 0 Å². The van der Waals surface area contributed by atoms with Gasteiger partial charge in [-0.25, -0.2) is 4.98 Å². The Labute approximate surface area is 134 Å². The molecule has 118 valence electrons. The normalized spacial score (nSPS) is 10.5. The molecule has 0 unspecified atom stereocenters. The zero-order valence-electron chi connectivity index (χ0n) is 13.1. The van der Waals surface area contributed by atoms with Gasteiger partial charge >= 0.3 is 0 Å². The minimum atomic E-state index is -0.111. The molecule has 0 aliphatic rings. The average molecular weight is 319 g/mol. The molecule has 1 heterocycles. The summed E-state index contributed by atoms with van der Waals surface area (Å²) in [5.74, 6) is 0.720. The van der Waals surface area contributed by atoms with E-state index in [0.29, 0.717) is 25.4 Å². The second-order valence-corrected chi connectivity index (χ2v) is 6.17. The van der Waals surface area contributed by atoms with E-state index in [2.05, 4.69) is 11.1 Å². The first kappa shape index (κ1) is 16.5. The number of hydrogen-bond donors (Lipinski definition) is 1. The van der Waals surface area contributed by atoms with Crippen molar-refractivity contribution in [3.8, 4) is 5.75 Å². The van der Waals surface area contributed by atoms with Crippen LogP contribution >= 0.6 is 11.3 Å². The van der Waals surface area contributed by atoms with Gasteiger partial charge in [-0.15, -0.1) is 11.3 Å². The first-order valence-corrected chi connectivity index (χ1v) is 7.98. The molecule has 1 aromatic carbocycles. The van der Waals surface area contributed by atoms with Gasteiger partial charge < -0.3 is 15.4 Å². The molecule has 0 radical (unpaired) electrons. The van der Waals surface area contributed by atoms with E-state index in [9.17, 15) is 4.79 Å². The fraction of sp³-hybridized carbons (Fsp3) is 0.375. The third-order valence-corrected chi connectivity index (χ3v) is 4.05. The zero-order chi connectivity index (χ0) is 16.1. The summed E-state index contributed by atoms with van der Waals surface area (Å²) in [7, 11) is 1.74. The maximum atomic E-state index is 12.2. The average Bonchev–Trinajstić information content (AvgIpc) is 2.94. The van der Waals surface area contributed by atoms with E-state index in [1.54, 1.807) is 17.3 Å². The molecule has 0 bridgehead atoms. The lowest BCUT2D eigenvalue weighted by Gasteiger charge is -2.16. The van der Waals surface area contributed by atoms with Crippen LogP contribution in [-0.4, -0.2) is 36.0 Å². The van der Waals surface area contributed by atoms with Gasteiger partial charge in [-0.05, 0) is 37.1 Å². The summed E-state index contributed by atoms with van der Waals surface area (Å²) in [4.78, 5) is 18.0. The minimum Gasteiger partial charge on any atom is -0.492 e. The highest BCUT2D eigenvalue weighted by atomic mass is 32.1. The van der Waals surface area contributed by atoms with Crippen LogP contribution in [-0.2, 0) is 6.54 Å². The van der Waals surface area contributed by atoms with Crippen molar-refractivity contribution >= 4 is 17.2 Å². The van der Waals surface area contributed by atoms with E-state index >= 15 is 0 Å². The predicted molar refractivity (Wildman–Crippen MR) is 88.4 cm³/mol.